The zero-order chi connectivity index (χ0) is 19.8. The fourth-order valence-electron chi connectivity index (χ4n) is 3.35. The number of halogens is 1. The second-order valence-corrected chi connectivity index (χ2v) is 8.25. The summed E-state index contributed by atoms with van der Waals surface area (Å²) in [6.07, 6.45) is 1.65. The minimum atomic E-state index is -0.174. The van der Waals surface area contributed by atoms with Crippen LogP contribution in [-0.2, 0) is 5.54 Å². The first-order valence-corrected chi connectivity index (χ1v) is 9.45. The maximum Gasteiger partial charge on any atom is 0.257 e. The maximum atomic E-state index is 12.9. The molecule has 1 saturated heterocycles. The highest BCUT2D eigenvalue weighted by atomic mass is 35.5. The Labute approximate surface area is 164 Å². The fourth-order valence-corrected chi connectivity index (χ4v) is 3.48. The van der Waals surface area contributed by atoms with E-state index in [4.69, 9.17) is 11.6 Å². The van der Waals surface area contributed by atoms with E-state index in [2.05, 4.69) is 25.9 Å². The van der Waals surface area contributed by atoms with Gasteiger partial charge in [0.2, 0.25) is 0 Å². The Balaban J connectivity index is 1.65. The molecular formula is C20H25ClN4O2. The van der Waals surface area contributed by atoms with Gasteiger partial charge in [0.05, 0.1) is 17.3 Å². The number of carbonyl (C=O) groups excluding carboxylic acids is 2. The number of piperazine rings is 1. The van der Waals surface area contributed by atoms with Gasteiger partial charge in [0.1, 0.15) is 0 Å². The summed E-state index contributed by atoms with van der Waals surface area (Å²) in [6.45, 7) is 10.1. The number of nitrogens with zero attached hydrogens (tertiary/aromatic N) is 4. The van der Waals surface area contributed by atoms with Crippen molar-refractivity contribution in [1.82, 2.24) is 19.6 Å². The molecule has 0 bridgehead atoms. The van der Waals surface area contributed by atoms with E-state index in [0.29, 0.717) is 42.3 Å². The number of carbonyl (C=O) groups is 2. The highest BCUT2D eigenvalue weighted by molar-refractivity contribution is 6.30. The van der Waals surface area contributed by atoms with Gasteiger partial charge in [-0.15, -0.1) is 0 Å². The van der Waals surface area contributed by atoms with Crippen molar-refractivity contribution in [1.29, 1.82) is 0 Å². The number of benzene rings is 1. The molecule has 7 heteroatoms. The summed E-state index contributed by atoms with van der Waals surface area (Å²) < 4.78 is 1.88. The monoisotopic (exact) mass is 388 g/mol. The minimum absolute atomic E-state index is 0.0263. The van der Waals surface area contributed by atoms with E-state index in [0.717, 1.165) is 5.69 Å². The minimum Gasteiger partial charge on any atom is -0.335 e. The van der Waals surface area contributed by atoms with Crippen molar-refractivity contribution >= 4 is 23.4 Å². The molecule has 0 N–H and O–H groups in total. The molecule has 1 aliphatic rings. The Morgan fingerprint density at radius 3 is 1.96 bits per heavy atom. The number of aromatic nitrogens is 2. The number of rotatable bonds is 2. The number of hydrogen-bond acceptors (Lipinski definition) is 3. The van der Waals surface area contributed by atoms with Crippen molar-refractivity contribution in [2.24, 2.45) is 0 Å². The lowest BCUT2D eigenvalue weighted by Crippen LogP contribution is -2.50. The topological polar surface area (TPSA) is 58.4 Å². The van der Waals surface area contributed by atoms with Crippen LogP contribution in [0.25, 0.3) is 0 Å². The Bertz CT molecular complexity index is 844. The quantitative estimate of drug-likeness (QED) is 0.793. The third kappa shape index (κ3) is 4.00. The van der Waals surface area contributed by atoms with Gasteiger partial charge in [-0.25, -0.2) is 0 Å². The predicted molar refractivity (Wildman–Crippen MR) is 105 cm³/mol. The average Bonchev–Trinajstić information content (AvgIpc) is 3.03. The van der Waals surface area contributed by atoms with Gasteiger partial charge in [0.25, 0.3) is 11.8 Å². The van der Waals surface area contributed by atoms with Gasteiger partial charge < -0.3 is 9.80 Å². The zero-order valence-corrected chi connectivity index (χ0v) is 17.0. The molecule has 1 aliphatic heterocycles. The summed E-state index contributed by atoms with van der Waals surface area (Å²) in [4.78, 5) is 29.1. The summed E-state index contributed by atoms with van der Waals surface area (Å²) in [7, 11) is 0. The number of amides is 2. The van der Waals surface area contributed by atoms with Crippen LogP contribution in [0.3, 0.4) is 0 Å². The largest absolute Gasteiger partial charge is 0.335 e. The third-order valence-electron chi connectivity index (χ3n) is 4.82. The average molecular weight is 389 g/mol. The van der Waals surface area contributed by atoms with Gasteiger partial charge in [-0.2, -0.15) is 5.10 Å². The van der Waals surface area contributed by atoms with Gasteiger partial charge >= 0.3 is 0 Å². The van der Waals surface area contributed by atoms with Crippen molar-refractivity contribution < 1.29 is 9.59 Å². The van der Waals surface area contributed by atoms with E-state index in [1.807, 2.05) is 11.6 Å². The van der Waals surface area contributed by atoms with Gasteiger partial charge in [0, 0.05) is 42.5 Å². The molecule has 144 valence electrons. The standard InChI is InChI=1S/C20H25ClN4O2/c1-14-17(13-22-25(14)20(2,3)4)19(27)24-11-9-23(10-12-24)18(26)15-5-7-16(21)8-6-15/h5-8,13H,9-12H2,1-4H3. The maximum absolute atomic E-state index is 12.9. The molecule has 2 heterocycles. The molecule has 2 aromatic rings. The lowest BCUT2D eigenvalue weighted by Gasteiger charge is -2.34. The molecule has 0 aliphatic carbocycles. The lowest BCUT2D eigenvalue weighted by atomic mass is 10.1. The zero-order valence-electron chi connectivity index (χ0n) is 16.2. The van der Waals surface area contributed by atoms with Crippen LogP contribution in [-0.4, -0.2) is 57.6 Å². The Hall–Kier alpha value is -2.34. The van der Waals surface area contributed by atoms with Crippen molar-refractivity contribution in [3.05, 3.63) is 52.3 Å². The highest BCUT2D eigenvalue weighted by Gasteiger charge is 2.28. The number of hydrogen-bond donors (Lipinski definition) is 0. The van der Waals surface area contributed by atoms with E-state index < -0.39 is 0 Å². The van der Waals surface area contributed by atoms with Crippen molar-refractivity contribution in [3.63, 3.8) is 0 Å². The SMILES string of the molecule is Cc1c(C(=O)N2CCN(C(=O)c3ccc(Cl)cc3)CC2)cnn1C(C)(C)C. The van der Waals surface area contributed by atoms with Crippen LogP contribution in [0.1, 0.15) is 47.2 Å². The molecule has 1 aromatic heterocycles. The van der Waals surface area contributed by atoms with Crippen LogP contribution < -0.4 is 0 Å². The van der Waals surface area contributed by atoms with Crippen LogP contribution in [0.5, 0.6) is 0 Å². The third-order valence-corrected chi connectivity index (χ3v) is 5.07. The van der Waals surface area contributed by atoms with Crippen molar-refractivity contribution in [3.8, 4) is 0 Å². The molecular weight excluding hydrogens is 364 g/mol. The molecule has 6 nitrogen and oxygen atoms in total. The van der Waals surface area contributed by atoms with Crippen molar-refractivity contribution in [2.45, 2.75) is 33.2 Å². The first-order valence-electron chi connectivity index (χ1n) is 9.07. The van der Waals surface area contributed by atoms with Crippen LogP contribution in [0, 0.1) is 6.92 Å². The molecule has 0 unspecified atom stereocenters. The van der Waals surface area contributed by atoms with E-state index in [9.17, 15) is 9.59 Å². The second kappa shape index (κ2) is 7.35. The fraction of sp³-hybridized carbons (Fsp3) is 0.450. The van der Waals surface area contributed by atoms with Crippen LogP contribution >= 0.6 is 11.6 Å². The lowest BCUT2D eigenvalue weighted by molar-refractivity contribution is 0.0535. The summed E-state index contributed by atoms with van der Waals surface area (Å²) in [5.41, 5.74) is 1.93. The summed E-state index contributed by atoms with van der Waals surface area (Å²) in [5.74, 6) is -0.0582. The van der Waals surface area contributed by atoms with Gasteiger partial charge in [0.15, 0.2) is 0 Å². The summed E-state index contributed by atoms with van der Waals surface area (Å²) in [6, 6.07) is 6.88. The predicted octanol–water partition coefficient (Wildman–Crippen LogP) is 3.20. The van der Waals surface area contributed by atoms with E-state index in [1.54, 1.807) is 40.3 Å². The Morgan fingerprint density at radius 1 is 0.963 bits per heavy atom. The molecule has 0 radical (unpaired) electrons. The summed E-state index contributed by atoms with van der Waals surface area (Å²) >= 11 is 5.88. The van der Waals surface area contributed by atoms with Crippen LogP contribution in [0.2, 0.25) is 5.02 Å². The van der Waals surface area contributed by atoms with E-state index >= 15 is 0 Å². The molecule has 27 heavy (non-hydrogen) atoms. The smallest absolute Gasteiger partial charge is 0.257 e. The molecule has 0 spiro atoms. The first-order chi connectivity index (χ1) is 12.7. The van der Waals surface area contributed by atoms with E-state index in [1.165, 1.54) is 0 Å². The summed E-state index contributed by atoms with van der Waals surface area (Å²) in [5, 5.41) is 4.99. The normalized spacial score (nSPS) is 15.1. The Kier molecular flexibility index (Phi) is 5.29. The van der Waals surface area contributed by atoms with Gasteiger partial charge in [-0.1, -0.05) is 11.6 Å². The van der Waals surface area contributed by atoms with Crippen LogP contribution in [0.15, 0.2) is 30.5 Å². The molecule has 1 fully saturated rings. The van der Waals surface area contributed by atoms with Gasteiger partial charge in [-0.05, 0) is 52.0 Å². The van der Waals surface area contributed by atoms with Crippen molar-refractivity contribution in [2.75, 3.05) is 26.2 Å². The van der Waals surface area contributed by atoms with E-state index in [-0.39, 0.29) is 17.4 Å². The second-order valence-electron chi connectivity index (χ2n) is 7.82. The Morgan fingerprint density at radius 2 is 1.48 bits per heavy atom. The first kappa shape index (κ1) is 19.4. The molecule has 0 atom stereocenters. The van der Waals surface area contributed by atoms with Gasteiger partial charge in [-0.3, -0.25) is 14.3 Å². The molecule has 0 saturated carbocycles. The van der Waals surface area contributed by atoms with Crippen LogP contribution in [0.4, 0.5) is 0 Å². The molecule has 3 rings (SSSR count). The highest BCUT2D eigenvalue weighted by Crippen LogP contribution is 2.20. The molecule has 1 aromatic carbocycles. The molecule has 2 amide bonds.